The standard InChI is InChI=1S/C2H2O2.Cl2O2S/c3-1-2-4;1-5(2,3)4/h1-2H;. The molecule has 7 heteroatoms. The second-order valence-electron chi connectivity index (χ2n) is 0.651. The van der Waals surface area contributed by atoms with Gasteiger partial charge < -0.3 is 0 Å². The molecule has 0 spiro atoms. The monoisotopic (exact) mass is 192 g/mol. The number of rotatable bonds is 1. The summed E-state index contributed by atoms with van der Waals surface area (Å²) < 4.78 is 18.3. The van der Waals surface area contributed by atoms with Crippen LogP contribution in [0.5, 0.6) is 0 Å². The SMILES string of the molecule is O=CC=O.O=S(=O)(Cl)Cl. The van der Waals surface area contributed by atoms with E-state index >= 15 is 0 Å². The number of halogens is 2. The smallest absolute Gasteiger partial charge is 0.295 e. The predicted molar refractivity (Wildman–Crippen MR) is 32.8 cm³/mol. The first-order valence-corrected chi connectivity index (χ1v) is 4.58. The Hall–Kier alpha value is -0.130. The van der Waals surface area contributed by atoms with Crippen LogP contribution in [0.2, 0.25) is 0 Å². The molecule has 0 aliphatic carbocycles. The molecule has 0 heterocycles. The summed E-state index contributed by atoms with van der Waals surface area (Å²) in [7, 11) is 4.81. The van der Waals surface area contributed by atoms with Crippen LogP contribution in [0.15, 0.2) is 0 Å². The Morgan fingerprint density at radius 1 is 1.00 bits per heavy atom. The third-order valence-electron chi connectivity index (χ3n) is 0.0556. The Kier molecular flexibility index (Phi) is 7.76. The maximum absolute atomic E-state index is 9.16. The van der Waals surface area contributed by atoms with Crippen LogP contribution in [0.4, 0.5) is 0 Å². The molecule has 0 aliphatic rings. The average molecular weight is 193 g/mol. The van der Waals surface area contributed by atoms with E-state index in [2.05, 4.69) is 21.4 Å². The Labute approximate surface area is 60.7 Å². The van der Waals surface area contributed by atoms with Crippen molar-refractivity contribution >= 4 is 42.2 Å². The van der Waals surface area contributed by atoms with Gasteiger partial charge in [-0.2, -0.15) is 8.42 Å². The molecule has 0 unspecified atom stereocenters. The van der Waals surface area contributed by atoms with Gasteiger partial charge in [0.1, 0.15) is 0 Å². The van der Waals surface area contributed by atoms with Gasteiger partial charge in [0.25, 0.3) is 0 Å². The zero-order valence-corrected chi connectivity index (χ0v) is 6.28. The minimum atomic E-state index is -3.72. The molecule has 0 aliphatic heterocycles. The number of hydrogen-bond donors (Lipinski definition) is 0. The second kappa shape index (κ2) is 6.00. The lowest BCUT2D eigenvalue weighted by molar-refractivity contribution is -0.122. The van der Waals surface area contributed by atoms with Gasteiger partial charge in [-0.05, 0) is 0 Å². The molecule has 0 saturated carbocycles. The summed E-state index contributed by atoms with van der Waals surface area (Å²) in [4.78, 5) is 17.6. The average Bonchev–Trinajstić information content (AvgIpc) is 1.61. The Bertz CT molecular complexity index is 157. The topological polar surface area (TPSA) is 68.3 Å². The minimum absolute atomic E-state index is 0.194. The fourth-order valence-corrected chi connectivity index (χ4v) is 0. The van der Waals surface area contributed by atoms with Gasteiger partial charge in [-0.15, -0.1) is 0 Å². The molecule has 0 fully saturated rings. The quantitative estimate of drug-likeness (QED) is 0.336. The highest BCUT2D eigenvalue weighted by molar-refractivity contribution is 8.31. The van der Waals surface area contributed by atoms with Gasteiger partial charge in [-0.3, -0.25) is 9.59 Å². The van der Waals surface area contributed by atoms with E-state index < -0.39 is 8.26 Å². The highest BCUT2D eigenvalue weighted by Crippen LogP contribution is 1.98. The summed E-state index contributed by atoms with van der Waals surface area (Å²) >= 11 is 0. The van der Waals surface area contributed by atoms with Gasteiger partial charge in [0.15, 0.2) is 12.6 Å². The second-order valence-corrected chi connectivity index (χ2v) is 4.32. The van der Waals surface area contributed by atoms with Crippen molar-refractivity contribution in [2.75, 3.05) is 0 Å². The third kappa shape index (κ3) is 358. The Morgan fingerprint density at radius 3 is 1.11 bits per heavy atom. The van der Waals surface area contributed by atoms with Gasteiger partial charge in [0, 0.05) is 21.4 Å². The van der Waals surface area contributed by atoms with Crippen molar-refractivity contribution in [1.29, 1.82) is 0 Å². The van der Waals surface area contributed by atoms with E-state index in [-0.39, 0.29) is 12.6 Å². The molecule has 0 bridgehead atoms. The molecule has 0 N–H and O–H groups in total. The maximum atomic E-state index is 9.16. The fraction of sp³-hybridized carbons (Fsp3) is 0. The van der Waals surface area contributed by atoms with Crippen LogP contribution >= 0.6 is 21.4 Å². The molecule has 0 amide bonds. The van der Waals surface area contributed by atoms with Crippen molar-refractivity contribution < 1.29 is 18.0 Å². The van der Waals surface area contributed by atoms with Crippen molar-refractivity contribution in [3.8, 4) is 0 Å². The fourth-order valence-electron chi connectivity index (χ4n) is 0. The first kappa shape index (κ1) is 11.6. The summed E-state index contributed by atoms with van der Waals surface area (Å²) in [5.74, 6) is 0. The van der Waals surface area contributed by atoms with E-state index in [4.69, 9.17) is 18.0 Å². The molecular weight excluding hydrogens is 191 g/mol. The van der Waals surface area contributed by atoms with Crippen LogP contribution in [0.3, 0.4) is 0 Å². The molecule has 4 nitrogen and oxygen atoms in total. The molecule has 0 atom stereocenters. The summed E-state index contributed by atoms with van der Waals surface area (Å²) in [5, 5.41) is 0. The van der Waals surface area contributed by atoms with Crippen LogP contribution in [-0.2, 0) is 17.9 Å². The number of carbonyl (C=O) groups is 2. The Morgan fingerprint density at radius 2 is 1.11 bits per heavy atom. The van der Waals surface area contributed by atoms with E-state index in [9.17, 15) is 0 Å². The lowest BCUT2D eigenvalue weighted by Crippen LogP contribution is -1.63. The molecule has 0 radical (unpaired) electrons. The highest BCUT2D eigenvalue weighted by Gasteiger charge is 1.88. The normalized spacial score (nSPS) is 8.67. The minimum Gasteiger partial charge on any atom is -0.295 e. The molecule has 0 rings (SSSR count). The van der Waals surface area contributed by atoms with Gasteiger partial charge in [0.05, 0.1) is 0 Å². The van der Waals surface area contributed by atoms with Crippen molar-refractivity contribution in [1.82, 2.24) is 0 Å². The summed E-state index contributed by atoms with van der Waals surface area (Å²) in [6.07, 6.45) is 0.389. The van der Waals surface area contributed by atoms with Gasteiger partial charge in [0.2, 0.25) is 0 Å². The van der Waals surface area contributed by atoms with Crippen molar-refractivity contribution in [3.05, 3.63) is 0 Å². The van der Waals surface area contributed by atoms with E-state index in [1.807, 2.05) is 0 Å². The van der Waals surface area contributed by atoms with E-state index in [1.165, 1.54) is 0 Å². The molecule has 9 heavy (non-hydrogen) atoms. The van der Waals surface area contributed by atoms with Gasteiger partial charge in [-0.25, -0.2) is 0 Å². The van der Waals surface area contributed by atoms with Crippen LogP contribution in [0.25, 0.3) is 0 Å². The number of hydrogen-bond acceptors (Lipinski definition) is 4. The molecule has 0 aromatic carbocycles. The van der Waals surface area contributed by atoms with Crippen LogP contribution in [0.1, 0.15) is 0 Å². The van der Waals surface area contributed by atoms with Gasteiger partial charge >= 0.3 is 8.26 Å². The molecule has 0 aromatic rings. The van der Waals surface area contributed by atoms with Crippen LogP contribution in [-0.4, -0.2) is 21.0 Å². The van der Waals surface area contributed by atoms with Crippen molar-refractivity contribution in [3.63, 3.8) is 0 Å². The summed E-state index contributed by atoms with van der Waals surface area (Å²) in [6, 6.07) is 0. The zero-order valence-electron chi connectivity index (χ0n) is 3.95. The highest BCUT2D eigenvalue weighted by atomic mass is 36.0. The van der Waals surface area contributed by atoms with Crippen LogP contribution in [0, 0.1) is 0 Å². The van der Waals surface area contributed by atoms with Gasteiger partial charge in [-0.1, -0.05) is 0 Å². The number of carbonyl (C=O) groups excluding carboxylic acids is 2. The van der Waals surface area contributed by atoms with E-state index in [1.54, 1.807) is 0 Å². The molecule has 0 aromatic heterocycles. The Balaban J connectivity index is 0. The summed E-state index contributed by atoms with van der Waals surface area (Å²) in [5.41, 5.74) is 0. The molecule has 54 valence electrons. The molecule has 0 saturated heterocycles. The maximum Gasteiger partial charge on any atom is 0.317 e. The van der Waals surface area contributed by atoms with Crippen molar-refractivity contribution in [2.24, 2.45) is 0 Å². The van der Waals surface area contributed by atoms with Crippen molar-refractivity contribution in [2.45, 2.75) is 0 Å². The first-order chi connectivity index (χ1) is 3.91. The largest absolute Gasteiger partial charge is 0.317 e. The third-order valence-corrected chi connectivity index (χ3v) is 0.0556. The van der Waals surface area contributed by atoms with Crippen LogP contribution < -0.4 is 0 Å². The van der Waals surface area contributed by atoms with E-state index in [0.29, 0.717) is 0 Å². The first-order valence-electron chi connectivity index (χ1n) is 1.45. The zero-order chi connectivity index (χ0) is 7.91. The number of aldehydes is 2. The molecular formula is C2H2Cl2O4S. The predicted octanol–water partition coefficient (Wildman–Crippen LogP) is 0.0930. The summed E-state index contributed by atoms with van der Waals surface area (Å²) in [6.45, 7) is 0. The lowest BCUT2D eigenvalue weighted by atomic mass is 10.9. The van der Waals surface area contributed by atoms with E-state index in [0.717, 1.165) is 0 Å². The lowest BCUT2D eigenvalue weighted by Gasteiger charge is -1.61.